The van der Waals surface area contributed by atoms with E-state index in [1.54, 1.807) is 0 Å². The van der Waals surface area contributed by atoms with Gasteiger partial charge in [-0.3, -0.25) is 4.90 Å². The standard InChI is InChI=1S/C16H33NO2.C15H31NO/c1-3-6-15(7-4-2)8-5-9-16-14-19-13-11-17(16)10-12-18;1-3-5-14(6-4-2)13-15-7-9-16(10-8-15)11-12-17/h15-16,18H,3-14H2,1-2H3;14-15,17H,3-13H2,1-2H3. The van der Waals surface area contributed by atoms with Gasteiger partial charge >= 0.3 is 0 Å². The lowest BCUT2D eigenvalue weighted by molar-refractivity contribution is -0.0174. The molecule has 2 fully saturated rings. The highest BCUT2D eigenvalue weighted by Gasteiger charge is 2.23. The quantitative estimate of drug-likeness (QED) is 0.224. The number of hydrogen-bond acceptors (Lipinski definition) is 5. The van der Waals surface area contributed by atoms with E-state index in [9.17, 15) is 0 Å². The molecule has 2 aliphatic heterocycles. The molecular weight excluding hydrogens is 448 g/mol. The summed E-state index contributed by atoms with van der Waals surface area (Å²) in [4.78, 5) is 4.81. The molecule has 5 nitrogen and oxygen atoms in total. The Labute approximate surface area is 225 Å². The molecule has 0 aliphatic carbocycles. The molecule has 0 saturated carbocycles. The van der Waals surface area contributed by atoms with Crippen molar-refractivity contribution in [1.29, 1.82) is 0 Å². The van der Waals surface area contributed by atoms with Gasteiger partial charge < -0.3 is 19.8 Å². The lowest BCUT2D eigenvalue weighted by Crippen LogP contribution is -2.46. The molecule has 0 aromatic rings. The summed E-state index contributed by atoms with van der Waals surface area (Å²) >= 11 is 0. The van der Waals surface area contributed by atoms with Crippen molar-refractivity contribution in [2.75, 3.05) is 59.2 Å². The van der Waals surface area contributed by atoms with Gasteiger partial charge in [0.2, 0.25) is 0 Å². The Morgan fingerprint density at radius 3 is 1.89 bits per heavy atom. The van der Waals surface area contributed by atoms with E-state index in [0.29, 0.717) is 12.6 Å². The molecule has 2 aliphatic rings. The van der Waals surface area contributed by atoms with Crippen molar-refractivity contribution < 1.29 is 14.9 Å². The van der Waals surface area contributed by atoms with Crippen molar-refractivity contribution in [3.05, 3.63) is 0 Å². The molecule has 216 valence electrons. The summed E-state index contributed by atoms with van der Waals surface area (Å²) < 4.78 is 5.59. The number of aliphatic hydroxyl groups is 2. The highest BCUT2D eigenvalue weighted by molar-refractivity contribution is 4.76. The summed E-state index contributed by atoms with van der Waals surface area (Å²) in [6, 6.07) is 0.532. The van der Waals surface area contributed by atoms with Gasteiger partial charge in [-0.2, -0.15) is 0 Å². The van der Waals surface area contributed by atoms with Crippen LogP contribution in [0.2, 0.25) is 0 Å². The normalized spacial score (nSPS) is 20.2. The van der Waals surface area contributed by atoms with Crippen LogP contribution in [-0.4, -0.2) is 85.2 Å². The Bertz CT molecular complexity index is 457. The highest BCUT2D eigenvalue weighted by Crippen LogP contribution is 2.29. The van der Waals surface area contributed by atoms with Crippen LogP contribution >= 0.6 is 0 Å². The molecule has 5 heteroatoms. The Balaban J connectivity index is 0.000000362. The lowest BCUT2D eigenvalue weighted by atomic mass is 9.83. The van der Waals surface area contributed by atoms with E-state index in [-0.39, 0.29) is 6.61 Å². The van der Waals surface area contributed by atoms with Crippen LogP contribution < -0.4 is 0 Å². The van der Waals surface area contributed by atoms with E-state index in [4.69, 9.17) is 14.9 Å². The SMILES string of the molecule is CCCC(CCC)CC1CCN(CCO)CC1.CCCC(CCC)CCCC1COCCN1CCO. The van der Waals surface area contributed by atoms with E-state index < -0.39 is 0 Å². The third-order valence-electron chi connectivity index (χ3n) is 8.46. The van der Waals surface area contributed by atoms with Crippen molar-refractivity contribution in [2.45, 2.75) is 124 Å². The first kappa shape index (κ1) is 33.8. The molecule has 0 radical (unpaired) electrons. The molecule has 2 saturated heterocycles. The molecule has 2 rings (SSSR count). The maximum absolute atomic E-state index is 9.11. The summed E-state index contributed by atoms with van der Waals surface area (Å²) in [6.45, 7) is 16.5. The fraction of sp³-hybridized carbons (Fsp3) is 1.00. The highest BCUT2D eigenvalue weighted by atomic mass is 16.5. The second-order valence-corrected chi connectivity index (χ2v) is 11.6. The second-order valence-electron chi connectivity index (χ2n) is 11.6. The number of β-amino-alcohol motifs (C(OH)–C–C–N with tert-alkyl or cyclic N) is 2. The molecule has 0 bridgehead atoms. The van der Waals surface area contributed by atoms with Crippen LogP contribution in [-0.2, 0) is 4.74 Å². The predicted octanol–water partition coefficient (Wildman–Crippen LogP) is 6.36. The second kappa shape index (κ2) is 22.8. The van der Waals surface area contributed by atoms with E-state index in [2.05, 4.69) is 37.5 Å². The first-order valence-electron chi connectivity index (χ1n) is 15.9. The van der Waals surface area contributed by atoms with Crippen LogP contribution in [0.25, 0.3) is 0 Å². The number of aliphatic hydroxyl groups excluding tert-OH is 2. The largest absolute Gasteiger partial charge is 0.395 e. The Morgan fingerprint density at radius 1 is 0.750 bits per heavy atom. The number of nitrogens with zero attached hydrogens (tertiary/aromatic N) is 2. The number of ether oxygens (including phenoxy) is 1. The maximum Gasteiger partial charge on any atom is 0.0622 e. The summed E-state index contributed by atoms with van der Waals surface area (Å²) in [5, 5.41) is 18.0. The Kier molecular flexibility index (Phi) is 21.4. The smallest absolute Gasteiger partial charge is 0.0622 e. The van der Waals surface area contributed by atoms with Gasteiger partial charge in [-0.05, 0) is 56.5 Å². The average Bonchev–Trinajstić information content (AvgIpc) is 2.88. The summed E-state index contributed by atoms with van der Waals surface area (Å²) in [6.07, 6.45) is 19.0. The van der Waals surface area contributed by atoms with Gasteiger partial charge in [-0.15, -0.1) is 0 Å². The van der Waals surface area contributed by atoms with Crippen molar-refractivity contribution in [2.24, 2.45) is 17.8 Å². The minimum absolute atomic E-state index is 0.269. The topological polar surface area (TPSA) is 56.2 Å². The van der Waals surface area contributed by atoms with Crippen LogP contribution in [0.1, 0.15) is 118 Å². The van der Waals surface area contributed by atoms with Gasteiger partial charge in [0.05, 0.1) is 26.4 Å². The Hall–Kier alpha value is -0.200. The van der Waals surface area contributed by atoms with Gasteiger partial charge in [0, 0.05) is 25.7 Å². The number of rotatable bonds is 18. The molecule has 0 aromatic carbocycles. The van der Waals surface area contributed by atoms with Gasteiger partial charge in [0.25, 0.3) is 0 Å². The fourth-order valence-electron chi connectivity index (χ4n) is 6.52. The molecule has 36 heavy (non-hydrogen) atoms. The third kappa shape index (κ3) is 15.3. The molecule has 2 heterocycles. The summed E-state index contributed by atoms with van der Waals surface area (Å²) in [5.74, 6) is 2.85. The number of hydrogen-bond donors (Lipinski definition) is 2. The first-order chi connectivity index (χ1) is 17.6. The van der Waals surface area contributed by atoms with Crippen molar-refractivity contribution in [1.82, 2.24) is 9.80 Å². The average molecular weight is 513 g/mol. The minimum Gasteiger partial charge on any atom is -0.395 e. The van der Waals surface area contributed by atoms with Crippen molar-refractivity contribution in [3.63, 3.8) is 0 Å². The zero-order valence-electron chi connectivity index (χ0n) is 24.8. The van der Waals surface area contributed by atoms with Gasteiger partial charge in [-0.25, -0.2) is 0 Å². The van der Waals surface area contributed by atoms with Gasteiger partial charge in [0.1, 0.15) is 0 Å². The van der Waals surface area contributed by atoms with Crippen molar-refractivity contribution in [3.8, 4) is 0 Å². The van der Waals surface area contributed by atoms with Crippen LogP contribution in [0.3, 0.4) is 0 Å². The van der Waals surface area contributed by atoms with Crippen LogP contribution in [0.15, 0.2) is 0 Å². The monoisotopic (exact) mass is 512 g/mol. The molecule has 1 atom stereocenters. The maximum atomic E-state index is 9.11. The summed E-state index contributed by atoms with van der Waals surface area (Å²) in [5.41, 5.74) is 0. The van der Waals surface area contributed by atoms with Crippen molar-refractivity contribution >= 4 is 0 Å². The van der Waals surface area contributed by atoms with Crippen LogP contribution in [0, 0.1) is 17.8 Å². The van der Waals surface area contributed by atoms with E-state index in [0.717, 1.165) is 50.6 Å². The molecule has 1 unspecified atom stereocenters. The zero-order valence-corrected chi connectivity index (χ0v) is 24.8. The zero-order chi connectivity index (χ0) is 26.4. The number of piperidine rings is 1. The third-order valence-corrected chi connectivity index (χ3v) is 8.46. The minimum atomic E-state index is 0.269. The molecular formula is C31H64N2O3. The van der Waals surface area contributed by atoms with Gasteiger partial charge in [-0.1, -0.05) is 91.9 Å². The van der Waals surface area contributed by atoms with Gasteiger partial charge in [0.15, 0.2) is 0 Å². The molecule has 0 spiro atoms. The van der Waals surface area contributed by atoms with E-state index in [1.807, 2.05) is 0 Å². The lowest BCUT2D eigenvalue weighted by Gasteiger charge is -2.35. The van der Waals surface area contributed by atoms with E-state index >= 15 is 0 Å². The number of likely N-dealkylation sites (tertiary alicyclic amines) is 1. The summed E-state index contributed by atoms with van der Waals surface area (Å²) in [7, 11) is 0. The van der Waals surface area contributed by atoms with Crippen LogP contribution in [0.4, 0.5) is 0 Å². The predicted molar refractivity (Wildman–Crippen MR) is 155 cm³/mol. The first-order valence-corrected chi connectivity index (χ1v) is 15.9. The molecule has 2 N–H and O–H groups in total. The number of morpholine rings is 1. The fourth-order valence-corrected chi connectivity index (χ4v) is 6.52. The molecule has 0 aromatic heterocycles. The van der Waals surface area contributed by atoms with E-state index in [1.165, 1.54) is 103 Å². The van der Waals surface area contributed by atoms with Crippen LogP contribution in [0.5, 0.6) is 0 Å². The Morgan fingerprint density at radius 2 is 1.33 bits per heavy atom. The molecule has 0 amide bonds.